The highest BCUT2D eigenvalue weighted by Gasteiger charge is 2.17. The smallest absolute Gasteiger partial charge is 0.394 e. The van der Waals surface area contributed by atoms with E-state index in [2.05, 4.69) is 0 Å². The molecule has 0 aliphatic heterocycles. The van der Waals surface area contributed by atoms with Gasteiger partial charge < -0.3 is 9.47 Å². The van der Waals surface area contributed by atoms with Gasteiger partial charge in [-0.3, -0.25) is 0 Å². The third-order valence-corrected chi connectivity index (χ3v) is 5.55. The van der Waals surface area contributed by atoms with E-state index in [0.29, 0.717) is 32.3 Å². The van der Waals surface area contributed by atoms with Crippen LogP contribution in [-0.4, -0.2) is 6.16 Å². The summed E-state index contributed by atoms with van der Waals surface area (Å²) in [6, 6.07) is 26.0. The molecule has 0 atom stereocenters. The van der Waals surface area contributed by atoms with Crippen LogP contribution in [0.4, 0.5) is 4.79 Å². The molecule has 146 valence electrons. The van der Waals surface area contributed by atoms with Gasteiger partial charge in [0.15, 0.2) is 0 Å². The normalized spacial score (nSPS) is 11.1. The highest BCUT2D eigenvalue weighted by atomic mass is 35.5. The summed E-state index contributed by atoms with van der Waals surface area (Å²) in [6.45, 7) is 0. The van der Waals surface area contributed by atoms with Crippen LogP contribution in [0.25, 0.3) is 32.3 Å². The molecule has 5 aromatic carbocycles. The molecule has 0 spiro atoms. The minimum Gasteiger partial charge on any atom is -0.394 e. The van der Waals surface area contributed by atoms with Crippen LogP contribution in [0.3, 0.4) is 0 Å². The van der Waals surface area contributed by atoms with Crippen molar-refractivity contribution in [2.45, 2.75) is 0 Å². The van der Waals surface area contributed by atoms with Gasteiger partial charge in [-0.2, -0.15) is 0 Å². The lowest BCUT2D eigenvalue weighted by Crippen LogP contribution is -2.14. The second-order valence-electron chi connectivity index (χ2n) is 6.84. The number of carbonyl (C=O) groups is 1. The maximum atomic E-state index is 12.8. The van der Waals surface area contributed by atoms with Crippen molar-refractivity contribution < 1.29 is 14.3 Å². The molecule has 0 saturated heterocycles. The fourth-order valence-corrected chi connectivity index (χ4v) is 4.02. The minimum absolute atomic E-state index is 0.359. The van der Waals surface area contributed by atoms with Crippen molar-refractivity contribution in [3.05, 3.63) is 95.0 Å². The second kappa shape index (κ2) is 7.52. The van der Waals surface area contributed by atoms with Crippen LogP contribution in [0.1, 0.15) is 0 Å². The Kier molecular flexibility index (Phi) is 4.70. The zero-order valence-electron chi connectivity index (χ0n) is 15.6. The first-order valence-electron chi connectivity index (χ1n) is 9.28. The minimum atomic E-state index is -0.833. The van der Waals surface area contributed by atoms with Crippen LogP contribution in [0.15, 0.2) is 84.9 Å². The van der Waals surface area contributed by atoms with Crippen LogP contribution < -0.4 is 9.47 Å². The molecule has 0 amide bonds. The Bertz CT molecular complexity index is 1430. The van der Waals surface area contributed by atoms with E-state index in [1.165, 1.54) is 0 Å². The van der Waals surface area contributed by atoms with Gasteiger partial charge in [0, 0.05) is 31.6 Å². The van der Waals surface area contributed by atoms with Crippen molar-refractivity contribution in [2.24, 2.45) is 0 Å². The highest BCUT2D eigenvalue weighted by Crippen LogP contribution is 2.39. The van der Waals surface area contributed by atoms with Crippen molar-refractivity contribution in [3.63, 3.8) is 0 Å². The first-order valence-corrected chi connectivity index (χ1v) is 10.0. The summed E-state index contributed by atoms with van der Waals surface area (Å²) < 4.78 is 11.3. The van der Waals surface area contributed by atoms with E-state index < -0.39 is 6.16 Å². The summed E-state index contributed by atoms with van der Waals surface area (Å²) in [4.78, 5) is 12.8. The van der Waals surface area contributed by atoms with Crippen molar-refractivity contribution in [2.75, 3.05) is 0 Å². The van der Waals surface area contributed by atoms with E-state index in [1.807, 2.05) is 60.7 Å². The van der Waals surface area contributed by atoms with Gasteiger partial charge in [-0.25, -0.2) is 4.79 Å². The maximum absolute atomic E-state index is 12.8. The number of carbonyl (C=O) groups excluding carboxylic acids is 1. The van der Waals surface area contributed by atoms with Gasteiger partial charge in [0.25, 0.3) is 0 Å². The third-order valence-electron chi connectivity index (χ3n) is 4.99. The summed E-state index contributed by atoms with van der Waals surface area (Å²) >= 11 is 12.6. The number of hydrogen-bond donors (Lipinski definition) is 0. The molecule has 0 fully saturated rings. The summed E-state index contributed by atoms with van der Waals surface area (Å²) in [5.41, 5.74) is 0. The number of ether oxygens (including phenoxy) is 2. The average molecular weight is 433 g/mol. The van der Waals surface area contributed by atoms with Gasteiger partial charge in [-0.15, -0.1) is 0 Å². The van der Waals surface area contributed by atoms with Gasteiger partial charge in [0.05, 0.1) is 0 Å². The van der Waals surface area contributed by atoms with Crippen molar-refractivity contribution in [1.29, 1.82) is 0 Å². The van der Waals surface area contributed by atoms with E-state index in [4.69, 9.17) is 32.7 Å². The average Bonchev–Trinajstić information content (AvgIpc) is 2.75. The Morgan fingerprint density at radius 2 is 1.40 bits per heavy atom. The Hall–Kier alpha value is -3.27. The lowest BCUT2D eigenvalue weighted by molar-refractivity contribution is 0.153. The quantitative estimate of drug-likeness (QED) is 0.161. The molecule has 5 rings (SSSR count). The molecule has 0 aliphatic carbocycles. The van der Waals surface area contributed by atoms with E-state index in [0.717, 1.165) is 21.5 Å². The van der Waals surface area contributed by atoms with Crippen LogP contribution in [-0.2, 0) is 0 Å². The lowest BCUT2D eigenvalue weighted by Gasteiger charge is -2.13. The molecule has 0 aromatic heterocycles. The Morgan fingerprint density at radius 3 is 2.30 bits per heavy atom. The summed E-state index contributed by atoms with van der Waals surface area (Å²) in [5, 5.41) is 5.93. The molecule has 0 bridgehead atoms. The largest absolute Gasteiger partial charge is 0.519 e. The van der Waals surface area contributed by atoms with Crippen LogP contribution in [0, 0.1) is 0 Å². The predicted molar refractivity (Wildman–Crippen MR) is 122 cm³/mol. The van der Waals surface area contributed by atoms with Crippen molar-refractivity contribution in [3.8, 4) is 11.5 Å². The topological polar surface area (TPSA) is 35.5 Å². The Morgan fingerprint density at radius 1 is 0.633 bits per heavy atom. The van der Waals surface area contributed by atoms with Gasteiger partial charge in [-0.1, -0.05) is 77.8 Å². The fourth-order valence-electron chi connectivity index (χ4n) is 3.62. The second-order valence-corrected chi connectivity index (χ2v) is 7.68. The van der Waals surface area contributed by atoms with Gasteiger partial charge in [-0.05, 0) is 41.1 Å². The Labute approximate surface area is 182 Å². The lowest BCUT2D eigenvalue weighted by atomic mass is 10.0. The predicted octanol–water partition coefficient (Wildman–Crippen LogP) is 8.03. The van der Waals surface area contributed by atoms with E-state index in [1.54, 1.807) is 24.3 Å². The van der Waals surface area contributed by atoms with Crippen molar-refractivity contribution in [1.82, 2.24) is 0 Å². The number of rotatable bonds is 2. The summed E-state index contributed by atoms with van der Waals surface area (Å²) in [5.74, 6) is 0.788. The summed E-state index contributed by atoms with van der Waals surface area (Å²) in [6.07, 6.45) is -0.833. The SMILES string of the molecule is O=C(Oc1cccc2ccccc12)Oc1c2cc(Cl)ccc2cc2c(Cl)cccc12. The van der Waals surface area contributed by atoms with Crippen LogP contribution in [0.2, 0.25) is 10.0 Å². The number of halogens is 2. The standard InChI is InChI=1S/C25H14Cl2O3/c26-17-12-11-16-13-21-19(8-4-9-22(21)27)24(20(16)14-17)30-25(28)29-23-10-3-6-15-5-1-2-7-18(15)23/h1-14H. The zero-order valence-corrected chi connectivity index (χ0v) is 17.1. The molecule has 5 heteroatoms. The zero-order chi connectivity index (χ0) is 20.7. The van der Waals surface area contributed by atoms with E-state index in [-0.39, 0.29) is 0 Å². The molecule has 0 radical (unpaired) electrons. The summed E-state index contributed by atoms with van der Waals surface area (Å²) in [7, 11) is 0. The van der Waals surface area contributed by atoms with Gasteiger partial charge in [0.1, 0.15) is 11.5 Å². The molecule has 0 aliphatic rings. The first-order chi connectivity index (χ1) is 14.6. The Balaban J connectivity index is 1.60. The number of fused-ring (bicyclic) bond motifs is 3. The van der Waals surface area contributed by atoms with Gasteiger partial charge >= 0.3 is 6.16 Å². The monoisotopic (exact) mass is 432 g/mol. The molecule has 30 heavy (non-hydrogen) atoms. The number of benzene rings is 5. The van der Waals surface area contributed by atoms with Crippen LogP contribution in [0.5, 0.6) is 11.5 Å². The first kappa shape index (κ1) is 18.7. The number of hydrogen-bond acceptors (Lipinski definition) is 3. The van der Waals surface area contributed by atoms with Gasteiger partial charge in [0.2, 0.25) is 0 Å². The van der Waals surface area contributed by atoms with E-state index >= 15 is 0 Å². The molecular formula is C25H14Cl2O3. The fraction of sp³-hybridized carbons (Fsp3) is 0. The molecule has 5 aromatic rings. The molecule has 0 heterocycles. The molecular weight excluding hydrogens is 419 g/mol. The highest BCUT2D eigenvalue weighted by molar-refractivity contribution is 6.36. The maximum Gasteiger partial charge on any atom is 0.519 e. The molecule has 0 saturated carbocycles. The van der Waals surface area contributed by atoms with E-state index in [9.17, 15) is 4.79 Å². The molecule has 0 N–H and O–H groups in total. The molecule has 3 nitrogen and oxygen atoms in total. The third kappa shape index (κ3) is 3.32. The molecule has 0 unspecified atom stereocenters. The van der Waals surface area contributed by atoms with Crippen LogP contribution >= 0.6 is 23.2 Å². The van der Waals surface area contributed by atoms with Crippen molar-refractivity contribution >= 4 is 61.7 Å².